The first-order valence-electron chi connectivity index (χ1n) is 3.82. The van der Waals surface area contributed by atoms with Gasteiger partial charge in [0, 0.05) is 6.61 Å². The molecule has 6 heteroatoms. The minimum atomic E-state index is -0.969. The van der Waals surface area contributed by atoms with E-state index in [1.54, 1.807) is 5.48 Å². The van der Waals surface area contributed by atoms with Gasteiger partial charge in [0.05, 0.1) is 5.57 Å². The van der Waals surface area contributed by atoms with Gasteiger partial charge in [-0.3, -0.25) is 0 Å². The molecule has 2 amide bonds. The zero-order valence-electron chi connectivity index (χ0n) is 7.53. The van der Waals surface area contributed by atoms with E-state index in [2.05, 4.69) is 17.2 Å². The average Bonchev–Trinajstić information content (AvgIpc) is 2.16. The lowest BCUT2D eigenvalue weighted by molar-refractivity contribution is -0.143. The molecule has 0 heterocycles. The molecule has 0 aromatic rings. The predicted octanol–water partition coefficient (Wildman–Crippen LogP) is -0.392. The van der Waals surface area contributed by atoms with Crippen molar-refractivity contribution in [1.82, 2.24) is 5.48 Å². The molecule has 0 spiro atoms. The molecule has 0 atom stereocenters. The Bertz CT molecular complexity index is 260. The van der Waals surface area contributed by atoms with Crippen molar-refractivity contribution < 1.29 is 19.5 Å². The maximum atomic E-state index is 11.1. The molecule has 0 aliphatic heterocycles. The molecule has 0 aliphatic rings. The van der Waals surface area contributed by atoms with E-state index in [1.165, 1.54) is 12.2 Å². The summed E-state index contributed by atoms with van der Waals surface area (Å²) >= 11 is 0. The van der Waals surface area contributed by atoms with Crippen LogP contribution in [-0.2, 0) is 9.63 Å². The summed E-state index contributed by atoms with van der Waals surface area (Å²) in [6.45, 7) is 3.28. The molecule has 0 aliphatic carbocycles. The van der Waals surface area contributed by atoms with Gasteiger partial charge >= 0.3 is 12.0 Å². The van der Waals surface area contributed by atoms with Crippen LogP contribution in [0.4, 0.5) is 4.79 Å². The molecule has 6 nitrogen and oxygen atoms in total. The third-order valence-corrected chi connectivity index (χ3v) is 1.19. The summed E-state index contributed by atoms with van der Waals surface area (Å²) in [7, 11) is 0. The van der Waals surface area contributed by atoms with E-state index in [-0.39, 0.29) is 12.2 Å². The zero-order chi connectivity index (χ0) is 11.0. The average molecular weight is 200 g/mol. The highest BCUT2D eigenvalue weighted by Crippen LogP contribution is 1.99. The topological polar surface area (TPSA) is 102 Å². The molecule has 4 N–H and O–H groups in total. The number of urea groups is 1. The first kappa shape index (κ1) is 12.2. The van der Waals surface area contributed by atoms with Gasteiger partial charge in [0.25, 0.3) is 0 Å². The minimum absolute atomic E-state index is 0.0894. The third-order valence-electron chi connectivity index (χ3n) is 1.19. The smallest absolute Gasteiger partial charge is 0.362 e. The van der Waals surface area contributed by atoms with Crippen LogP contribution in [0.5, 0.6) is 0 Å². The number of hydrogen-bond donors (Lipinski definition) is 3. The van der Waals surface area contributed by atoms with E-state index < -0.39 is 12.0 Å². The van der Waals surface area contributed by atoms with Crippen LogP contribution in [0.2, 0.25) is 0 Å². The first-order valence-corrected chi connectivity index (χ1v) is 3.82. The van der Waals surface area contributed by atoms with Crippen LogP contribution in [0.15, 0.2) is 24.3 Å². The second-order valence-corrected chi connectivity index (χ2v) is 2.23. The largest absolute Gasteiger partial charge is 0.396 e. The highest BCUT2D eigenvalue weighted by Gasteiger charge is 2.07. The predicted molar refractivity (Wildman–Crippen MR) is 48.8 cm³/mol. The van der Waals surface area contributed by atoms with Gasteiger partial charge in [-0.2, -0.15) is 5.48 Å². The number of primary amides is 1. The van der Waals surface area contributed by atoms with Gasteiger partial charge in [0.1, 0.15) is 0 Å². The van der Waals surface area contributed by atoms with E-state index in [4.69, 9.17) is 5.11 Å². The molecular formula is C8H12N2O4. The van der Waals surface area contributed by atoms with Crippen LogP contribution >= 0.6 is 0 Å². The van der Waals surface area contributed by atoms with E-state index in [1.807, 2.05) is 0 Å². The Morgan fingerprint density at radius 2 is 2.21 bits per heavy atom. The molecule has 0 saturated heterocycles. The lowest BCUT2D eigenvalue weighted by Crippen LogP contribution is -2.32. The summed E-state index contributed by atoms with van der Waals surface area (Å²) in [6, 6.07) is -0.969. The second kappa shape index (κ2) is 6.67. The highest BCUT2D eigenvalue weighted by atomic mass is 16.7. The van der Waals surface area contributed by atoms with Crippen molar-refractivity contribution in [2.24, 2.45) is 5.73 Å². The number of hydrogen-bond acceptors (Lipinski definition) is 4. The number of rotatable bonds is 4. The molecular weight excluding hydrogens is 188 g/mol. The van der Waals surface area contributed by atoms with Crippen LogP contribution < -0.4 is 11.2 Å². The number of carbonyl (C=O) groups is 2. The summed E-state index contributed by atoms with van der Waals surface area (Å²) in [6.07, 6.45) is 2.98. The maximum Gasteiger partial charge on any atom is 0.362 e. The Morgan fingerprint density at radius 3 is 2.64 bits per heavy atom. The second-order valence-electron chi connectivity index (χ2n) is 2.23. The maximum absolute atomic E-state index is 11.1. The Kier molecular flexibility index (Phi) is 5.80. The number of aliphatic hydroxyl groups is 1. The van der Waals surface area contributed by atoms with E-state index in [0.717, 1.165) is 0 Å². The number of nitrogens with two attached hydrogens (primary N) is 1. The standard InChI is InChI=1S/C8H12N2O4/c1-2-6(4-3-5-11)7(12)14-10-8(9)13/h2,4,11H,1,3,5H2,(H3,9,10,13). The number of aliphatic hydroxyl groups excluding tert-OH is 1. The van der Waals surface area contributed by atoms with Crippen molar-refractivity contribution >= 4 is 12.0 Å². The summed E-state index contributed by atoms with van der Waals surface area (Å²) in [5, 5.41) is 8.49. The Morgan fingerprint density at radius 1 is 1.57 bits per heavy atom. The Labute approximate surface area is 81.0 Å². The van der Waals surface area contributed by atoms with Crippen LogP contribution in [-0.4, -0.2) is 23.7 Å². The number of amides is 2. The van der Waals surface area contributed by atoms with Crippen LogP contribution in [0.1, 0.15) is 6.42 Å². The highest BCUT2D eigenvalue weighted by molar-refractivity contribution is 5.92. The van der Waals surface area contributed by atoms with Gasteiger partial charge in [-0.15, -0.1) is 0 Å². The molecule has 0 bridgehead atoms. The molecule has 0 saturated carbocycles. The lowest BCUT2D eigenvalue weighted by Gasteiger charge is -2.02. The molecule has 0 aromatic heterocycles. The molecule has 78 valence electrons. The number of carbonyl (C=O) groups excluding carboxylic acids is 2. The van der Waals surface area contributed by atoms with Gasteiger partial charge < -0.3 is 15.7 Å². The Balaban J connectivity index is 4.17. The molecule has 0 radical (unpaired) electrons. The van der Waals surface area contributed by atoms with Crippen molar-refractivity contribution in [2.75, 3.05) is 6.61 Å². The van der Waals surface area contributed by atoms with E-state index in [9.17, 15) is 9.59 Å². The fraction of sp³-hybridized carbons (Fsp3) is 0.250. The quantitative estimate of drug-likeness (QED) is 0.326. The molecule has 0 rings (SSSR count). The summed E-state index contributed by atoms with van der Waals surface area (Å²) in [4.78, 5) is 25.5. The zero-order valence-corrected chi connectivity index (χ0v) is 7.53. The minimum Gasteiger partial charge on any atom is -0.396 e. The normalized spacial score (nSPS) is 10.5. The van der Waals surface area contributed by atoms with E-state index >= 15 is 0 Å². The van der Waals surface area contributed by atoms with Crippen LogP contribution in [0, 0.1) is 0 Å². The fourth-order valence-electron chi connectivity index (χ4n) is 0.626. The van der Waals surface area contributed by atoms with Crippen molar-refractivity contribution in [3.05, 3.63) is 24.3 Å². The van der Waals surface area contributed by atoms with Gasteiger partial charge in [0.15, 0.2) is 0 Å². The summed E-state index contributed by atoms with van der Waals surface area (Å²) in [5.41, 5.74) is 6.49. The van der Waals surface area contributed by atoms with E-state index in [0.29, 0.717) is 6.42 Å². The fourth-order valence-corrected chi connectivity index (χ4v) is 0.626. The summed E-state index contributed by atoms with van der Waals surface area (Å²) in [5.74, 6) is -0.785. The van der Waals surface area contributed by atoms with Crippen LogP contribution in [0.3, 0.4) is 0 Å². The first-order chi connectivity index (χ1) is 6.61. The third kappa shape index (κ3) is 4.94. The molecule has 0 aromatic carbocycles. The lowest BCUT2D eigenvalue weighted by atomic mass is 10.2. The van der Waals surface area contributed by atoms with Crippen molar-refractivity contribution in [1.29, 1.82) is 0 Å². The van der Waals surface area contributed by atoms with Gasteiger partial charge in [-0.25, -0.2) is 9.59 Å². The van der Waals surface area contributed by atoms with Crippen molar-refractivity contribution in [3.63, 3.8) is 0 Å². The Hall–Kier alpha value is -1.82. The molecule has 14 heavy (non-hydrogen) atoms. The van der Waals surface area contributed by atoms with Gasteiger partial charge in [-0.05, 0) is 6.42 Å². The monoisotopic (exact) mass is 200 g/mol. The number of hydroxylamine groups is 1. The van der Waals surface area contributed by atoms with Gasteiger partial charge in [-0.1, -0.05) is 18.7 Å². The van der Waals surface area contributed by atoms with Gasteiger partial charge in [0.2, 0.25) is 0 Å². The van der Waals surface area contributed by atoms with Crippen molar-refractivity contribution in [2.45, 2.75) is 6.42 Å². The number of nitrogens with one attached hydrogen (secondary N) is 1. The SMILES string of the molecule is C=CC(=CCCO)C(=O)ONC(N)=O. The van der Waals surface area contributed by atoms with Crippen LogP contribution in [0.25, 0.3) is 0 Å². The van der Waals surface area contributed by atoms with Crippen molar-refractivity contribution in [3.8, 4) is 0 Å². The molecule has 0 unspecified atom stereocenters. The molecule has 0 fully saturated rings. The summed E-state index contributed by atoms with van der Waals surface area (Å²) < 4.78 is 0.